The summed E-state index contributed by atoms with van der Waals surface area (Å²) in [6.07, 6.45) is 0. The van der Waals surface area contributed by atoms with Gasteiger partial charge >= 0.3 is 0 Å². The van der Waals surface area contributed by atoms with Gasteiger partial charge in [0.1, 0.15) is 0 Å². The smallest absolute Gasteiger partial charge is 0.234 e. The lowest BCUT2D eigenvalue weighted by atomic mass is 9.87. The molecule has 0 fully saturated rings. The molecule has 1 amide bonds. The Morgan fingerprint density at radius 3 is 2.54 bits per heavy atom. The van der Waals surface area contributed by atoms with Crippen LogP contribution in [0.3, 0.4) is 0 Å². The van der Waals surface area contributed by atoms with Crippen molar-refractivity contribution in [3.05, 3.63) is 83.9 Å². The first-order chi connectivity index (χ1) is 17.8. The topological polar surface area (TPSA) is 85.6 Å². The Morgan fingerprint density at radius 2 is 1.78 bits per heavy atom. The van der Waals surface area contributed by atoms with Crippen LogP contribution in [0, 0.1) is 0 Å². The number of tetrazole rings is 1. The largest absolute Gasteiger partial charge is 0.325 e. The summed E-state index contributed by atoms with van der Waals surface area (Å²) in [6, 6.07) is 24.2. The van der Waals surface area contributed by atoms with Gasteiger partial charge < -0.3 is 5.32 Å². The molecule has 10 heteroatoms. The molecule has 0 aliphatic carbocycles. The van der Waals surface area contributed by atoms with Crippen LogP contribution in [0.25, 0.3) is 15.9 Å². The number of carbonyl (C=O) groups excluding carboxylic acids is 1. The Balaban J connectivity index is 1.17. The van der Waals surface area contributed by atoms with Gasteiger partial charge in [0.15, 0.2) is 4.34 Å². The maximum atomic E-state index is 12.6. The molecule has 7 nitrogen and oxygen atoms in total. The van der Waals surface area contributed by atoms with Crippen molar-refractivity contribution in [1.82, 2.24) is 25.2 Å². The van der Waals surface area contributed by atoms with Gasteiger partial charge in [-0.15, -0.1) is 16.4 Å². The van der Waals surface area contributed by atoms with Gasteiger partial charge in [-0.3, -0.25) is 4.79 Å². The van der Waals surface area contributed by atoms with Crippen molar-refractivity contribution in [2.75, 3.05) is 11.1 Å². The zero-order valence-corrected chi connectivity index (χ0v) is 23.2. The summed E-state index contributed by atoms with van der Waals surface area (Å²) in [4.78, 5) is 17.4. The summed E-state index contributed by atoms with van der Waals surface area (Å²) in [5, 5.41) is 15.4. The highest BCUT2D eigenvalue weighted by molar-refractivity contribution is 8.00. The van der Waals surface area contributed by atoms with Crippen LogP contribution in [-0.2, 0) is 16.0 Å². The van der Waals surface area contributed by atoms with Crippen molar-refractivity contribution in [1.29, 1.82) is 0 Å². The second-order valence-corrected chi connectivity index (χ2v) is 12.6. The molecule has 5 rings (SSSR count). The molecule has 2 heterocycles. The van der Waals surface area contributed by atoms with Crippen LogP contribution in [0.2, 0.25) is 0 Å². The summed E-state index contributed by atoms with van der Waals surface area (Å²) in [6.45, 7) is 6.68. The molecule has 0 aliphatic heterocycles. The normalized spacial score (nSPS) is 11.6. The fourth-order valence-electron chi connectivity index (χ4n) is 3.62. The van der Waals surface area contributed by atoms with Crippen molar-refractivity contribution < 1.29 is 4.79 Å². The maximum absolute atomic E-state index is 12.6. The average Bonchev–Trinajstić information content (AvgIpc) is 3.53. The van der Waals surface area contributed by atoms with Gasteiger partial charge in [-0.05, 0) is 57.3 Å². The number of benzene rings is 3. The van der Waals surface area contributed by atoms with Gasteiger partial charge in [0.25, 0.3) is 0 Å². The molecule has 37 heavy (non-hydrogen) atoms. The summed E-state index contributed by atoms with van der Waals surface area (Å²) >= 11 is 4.67. The Kier molecular flexibility index (Phi) is 7.59. The van der Waals surface area contributed by atoms with Gasteiger partial charge in [-0.1, -0.05) is 86.8 Å². The number of para-hydroxylation sites is 1. The number of aromatic nitrogens is 5. The highest BCUT2D eigenvalue weighted by Gasteiger charge is 2.14. The van der Waals surface area contributed by atoms with E-state index in [4.69, 9.17) is 4.98 Å². The Bertz CT molecular complexity index is 1510. The minimum absolute atomic E-state index is 0.121. The number of nitrogens with one attached hydrogen (secondary N) is 1. The van der Waals surface area contributed by atoms with Crippen molar-refractivity contribution in [3.8, 4) is 5.69 Å². The molecule has 0 spiro atoms. The van der Waals surface area contributed by atoms with Gasteiger partial charge in [-0.25, -0.2) is 4.98 Å². The molecule has 0 atom stereocenters. The second-order valence-electron chi connectivity index (χ2n) is 9.44. The Morgan fingerprint density at radius 1 is 1.00 bits per heavy atom. The summed E-state index contributed by atoms with van der Waals surface area (Å²) in [7, 11) is 0. The predicted octanol–water partition coefficient (Wildman–Crippen LogP) is 6.59. The van der Waals surface area contributed by atoms with E-state index in [1.807, 2.05) is 48.5 Å². The minimum Gasteiger partial charge on any atom is -0.325 e. The summed E-state index contributed by atoms with van der Waals surface area (Å²) in [5.74, 6) is 0.945. The monoisotopic (exact) mass is 546 g/mol. The van der Waals surface area contributed by atoms with E-state index in [2.05, 4.69) is 65.9 Å². The SMILES string of the molecule is CC(C)(C)c1ccc(CSc2nc3ccc(NC(=O)CSc4nnnn4-c4ccccc4)cc3s2)cc1. The van der Waals surface area contributed by atoms with Crippen LogP contribution in [0.5, 0.6) is 0 Å². The molecule has 0 radical (unpaired) electrons. The first-order valence-corrected chi connectivity index (χ1v) is 14.5. The summed E-state index contributed by atoms with van der Waals surface area (Å²) in [5.41, 5.74) is 5.30. The lowest BCUT2D eigenvalue weighted by molar-refractivity contribution is -0.113. The van der Waals surface area contributed by atoms with E-state index in [0.29, 0.717) is 5.16 Å². The fraction of sp³-hybridized carbons (Fsp3) is 0.222. The van der Waals surface area contributed by atoms with Crippen LogP contribution >= 0.6 is 34.9 Å². The van der Waals surface area contributed by atoms with E-state index in [9.17, 15) is 4.79 Å². The van der Waals surface area contributed by atoms with Crippen molar-refractivity contribution >= 4 is 56.7 Å². The average molecular weight is 547 g/mol. The van der Waals surface area contributed by atoms with E-state index >= 15 is 0 Å². The van der Waals surface area contributed by atoms with Crippen LogP contribution < -0.4 is 5.32 Å². The first-order valence-electron chi connectivity index (χ1n) is 11.7. The van der Waals surface area contributed by atoms with E-state index in [-0.39, 0.29) is 17.1 Å². The number of anilines is 1. The molecular weight excluding hydrogens is 521 g/mol. The second kappa shape index (κ2) is 11.0. The van der Waals surface area contributed by atoms with E-state index in [1.54, 1.807) is 27.8 Å². The third kappa shape index (κ3) is 6.38. The third-order valence-corrected chi connectivity index (χ3v) is 8.76. The fourth-order valence-corrected chi connectivity index (χ4v) is 6.37. The molecule has 0 saturated carbocycles. The molecule has 0 bridgehead atoms. The third-order valence-electron chi connectivity index (χ3n) is 5.61. The molecule has 0 saturated heterocycles. The number of carbonyl (C=O) groups is 1. The van der Waals surface area contributed by atoms with Gasteiger partial charge in [0.05, 0.1) is 21.7 Å². The number of hydrogen-bond donors (Lipinski definition) is 1. The standard InChI is InChI=1S/C27H26N6OS3/c1-27(2,3)19-11-9-18(10-12-19)16-36-26-29-22-14-13-20(15-23(22)37-26)28-24(34)17-35-25-30-31-32-33(25)21-7-5-4-6-8-21/h4-15H,16-17H2,1-3H3,(H,28,34). The van der Waals surface area contributed by atoms with Crippen LogP contribution in [-0.4, -0.2) is 36.9 Å². The molecule has 1 N–H and O–H groups in total. The van der Waals surface area contributed by atoms with Crippen LogP contribution in [0.15, 0.2) is 82.3 Å². The minimum atomic E-state index is -0.121. The van der Waals surface area contributed by atoms with Crippen molar-refractivity contribution in [2.45, 2.75) is 41.4 Å². The van der Waals surface area contributed by atoms with E-state index in [1.165, 1.54) is 22.9 Å². The van der Waals surface area contributed by atoms with Gasteiger partial charge in [-0.2, -0.15) is 4.68 Å². The number of fused-ring (bicyclic) bond motifs is 1. The highest BCUT2D eigenvalue weighted by Crippen LogP contribution is 2.33. The first kappa shape index (κ1) is 25.4. The zero-order valence-electron chi connectivity index (χ0n) is 20.7. The number of hydrogen-bond acceptors (Lipinski definition) is 8. The number of rotatable bonds is 8. The zero-order chi connectivity index (χ0) is 25.8. The quantitative estimate of drug-likeness (QED) is 0.220. The molecule has 3 aromatic carbocycles. The van der Waals surface area contributed by atoms with Crippen LogP contribution in [0.1, 0.15) is 31.9 Å². The Hall–Kier alpha value is -3.21. The lowest BCUT2D eigenvalue weighted by Crippen LogP contribution is -2.14. The van der Waals surface area contributed by atoms with Crippen molar-refractivity contribution in [2.24, 2.45) is 0 Å². The highest BCUT2D eigenvalue weighted by atomic mass is 32.2. The van der Waals surface area contributed by atoms with Gasteiger partial charge in [0, 0.05) is 11.4 Å². The number of nitrogens with zero attached hydrogens (tertiary/aromatic N) is 5. The molecule has 5 aromatic rings. The Labute approximate surface area is 228 Å². The number of amides is 1. The predicted molar refractivity (Wildman–Crippen MR) is 153 cm³/mol. The molecule has 0 unspecified atom stereocenters. The van der Waals surface area contributed by atoms with Crippen molar-refractivity contribution in [3.63, 3.8) is 0 Å². The number of thioether (sulfide) groups is 2. The van der Waals surface area contributed by atoms with E-state index < -0.39 is 0 Å². The maximum Gasteiger partial charge on any atom is 0.234 e. The molecule has 188 valence electrons. The molecule has 0 aliphatic rings. The number of thiazole rings is 1. The van der Waals surface area contributed by atoms with Gasteiger partial charge in [0.2, 0.25) is 11.1 Å². The lowest BCUT2D eigenvalue weighted by Gasteiger charge is -2.19. The molecule has 2 aromatic heterocycles. The van der Waals surface area contributed by atoms with E-state index in [0.717, 1.165) is 31.7 Å². The molecular formula is C27H26N6OS3. The van der Waals surface area contributed by atoms with Crippen LogP contribution in [0.4, 0.5) is 5.69 Å². The summed E-state index contributed by atoms with van der Waals surface area (Å²) < 4.78 is 3.69.